The molecule has 1 amide bonds. The van der Waals surface area contributed by atoms with Gasteiger partial charge in [-0.05, 0) is 75.0 Å². The van der Waals surface area contributed by atoms with Crippen molar-refractivity contribution in [2.24, 2.45) is 5.92 Å². The third-order valence-electron chi connectivity index (χ3n) is 5.36. The molecular formula is C22H27N3O4. The second-order valence-corrected chi connectivity index (χ2v) is 7.52. The fourth-order valence-corrected chi connectivity index (χ4v) is 3.63. The molecule has 7 nitrogen and oxygen atoms in total. The molecule has 0 saturated carbocycles. The molecule has 0 spiro atoms. The molecule has 1 aromatic carbocycles. The van der Waals surface area contributed by atoms with Crippen molar-refractivity contribution in [3.63, 3.8) is 0 Å². The summed E-state index contributed by atoms with van der Waals surface area (Å²) >= 11 is 0. The Balaban J connectivity index is 1.86. The molecule has 2 aromatic rings. The molecule has 0 aliphatic carbocycles. The van der Waals surface area contributed by atoms with Crippen molar-refractivity contribution in [2.45, 2.75) is 33.2 Å². The zero-order valence-electron chi connectivity index (χ0n) is 17.1. The number of hydrogen-bond donors (Lipinski definition) is 2. The van der Waals surface area contributed by atoms with Crippen LogP contribution in [0.5, 0.6) is 0 Å². The van der Waals surface area contributed by atoms with Crippen LogP contribution in [0.15, 0.2) is 35.3 Å². The molecule has 1 aromatic heterocycles. The molecule has 1 unspecified atom stereocenters. The molecular weight excluding hydrogens is 370 g/mol. The van der Waals surface area contributed by atoms with Gasteiger partial charge in [0.1, 0.15) is 5.56 Å². The first-order valence-corrected chi connectivity index (χ1v) is 9.81. The van der Waals surface area contributed by atoms with E-state index in [1.54, 1.807) is 42.0 Å². The molecule has 2 heterocycles. The maximum absolute atomic E-state index is 13.0. The summed E-state index contributed by atoms with van der Waals surface area (Å²) in [4.78, 5) is 37.7. The van der Waals surface area contributed by atoms with E-state index in [1.165, 1.54) is 7.11 Å². The van der Waals surface area contributed by atoms with E-state index in [0.29, 0.717) is 29.3 Å². The van der Waals surface area contributed by atoms with Crippen LogP contribution < -0.4 is 16.2 Å². The number of amides is 1. The molecule has 1 atom stereocenters. The van der Waals surface area contributed by atoms with Crippen LogP contribution in [0.4, 0.5) is 5.69 Å². The van der Waals surface area contributed by atoms with Crippen molar-refractivity contribution in [3.8, 4) is 0 Å². The molecule has 1 aliphatic rings. The first-order chi connectivity index (χ1) is 13.9. The minimum absolute atomic E-state index is 0.124. The number of benzene rings is 1. The van der Waals surface area contributed by atoms with Gasteiger partial charge in [-0.3, -0.25) is 9.59 Å². The molecule has 0 radical (unpaired) electrons. The highest BCUT2D eigenvalue weighted by molar-refractivity contribution is 6.06. The second-order valence-electron chi connectivity index (χ2n) is 7.52. The highest BCUT2D eigenvalue weighted by atomic mass is 16.5. The Kier molecular flexibility index (Phi) is 6.49. The van der Waals surface area contributed by atoms with Gasteiger partial charge in [0.2, 0.25) is 0 Å². The maximum Gasteiger partial charge on any atom is 0.337 e. The van der Waals surface area contributed by atoms with E-state index in [1.807, 2.05) is 6.92 Å². The highest BCUT2D eigenvalue weighted by Crippen LogP contribution is 2.19. The third-order valence-corrected chi connectivity index (χ3v) is 5.36. The lowest BCUT2D eigenvalue weighted by Crippen LogP contribution is -2.36. The number of nitrogens with zero attached hydrogens (tertiary/aromatic N) is 1. The monoisotopic (exact) mass is 397 g/mol. The number of aromatic nitrogens is 1. The summed E-state index contributed by atoms with van der Waals surface area (Å²) in [7, 11) is 1.30. The molecule has 1 saturated heterocycles. The minimum Gasteiger partial charge on any atom is -0.465 e. The smallest absolute Gasteiger partial charge is 0.337 e. The zero-order chi connectivity index (χ0) is 21.0. The standard InChI is InChI=1S/C22H27N3O4/c1-14-6-7-17(22(28)29-3)11-18(14)24-20(26)19-15(2)8-10-25(21(19)27)13-16-5-4-9-23-12-16/h6-8,10-11,16,23H,4-5,9,12-13H2,1-3H3,(H,24,26). The topological polar surface area (TPSA) is 89.4 Å². The Hall–Kier alpha value is -2.93. The summed E-state index contributed by atoms with van der Waals surface area (Å²) in [5.74, 6) is -0.590. The molecule has 1 fully saturated rings. The van der Waals surface area contributed by atoms with Gasteiger partial charge in [-0.15, -0.1) is 0 Å². The summed E-state index contributed by atoms with van der Waals surface area (Å²) in [6, 6.07) is 6.72. The summed E-state index contributed by atoms with van der Waals surface area (Å²) in [5.41, 5.74) is 2.04. The Morgan fingerprint density at radius 2 is 2.03 bits per heavy atom. The normalized spacial score (nSPS) is 16.3. The van der Waals surface area contributed by atoms with Gasteiger partial charge in [-0.2, -0.15) is 0 Å². The lowest BCUT2D eigenvalue weighted by Gasteiger charge is -2.23. The van der Waals surface area contributed by atoms with Gasteiger partial charge >= 0.3 is 5.97 Å². The zero-order valence-corrected chi connectivity index (χ0v) is 17.1. The Morgan fingerprint density at radius 1 is 1.24 bits per heavy atom. The SMILES string of the molecule is COC(=O)c1ccc(C)c(NC(=O)c2c(C)ccn(CC3CCCNC3)c2=O)c1. The van der Waals surface area contributed by atoms with E-state index in [9.17, 15) is 14.4 Å². The average molecular weight is 397 g/mol. The summed E-state index contributed by atoms with van der Waals surface area (Å²) in [6.45, 7) is 6.05. The predicted molar refractivity (Wildman–Crippen MR) is 112 cm³/mol. The van der Waals surface area contributed by atoms with Crippen LogP contribution >= 0.6 is 0 Å². The van der Waals surface area contributed by atoms with Crippen molar-refractivity contribution < 1.29 is 14.3 Å². The number of rotatable bonds is 5. The van der Waals surface area contributed by atoms with Gasteiger partial charge in [0.05, 0.1) is 12.7 Å². The largest absolute Gasteiger partial charge is 0.465 e. The van der Waals surface area contributed by atoms with E-state index < -0.39 is 11.9 Å². The number of carbonyl (C=O) groups excluding carboxylic acids is 2. The van der Waals surface area contributed by atoms with Crippen molar-refractivity contribution in [1.29, 1.82) is 0 Å². The predicted octanol–water partition coefficient (Wildman–Crippen LogP) is 2.50. The van der Waals surface area contributed by atoms with Crippen molar-refractivity contribution in [2.75, 3.05) is 25.5 Å². The molecule has 7 heteroatoms. The highest BCUT2D eigenvalue weighted by Gasteiger charge is 2.20. The summed E-state index contributed by atoms with van der Waals surface area (Å²) in [6.07, 6.45) is 3.91. The minimum atomic E-state index is -0.486. The molecule has 2 N–H and O–H groups in total. The van der Waals surface area contributed by atoms with Gasteiger partial charge < -0.3 is 19.9 Å². The number of esters is 1. The van der Waals surface area contributed by atoms with Crippen LogP contribution in [0.2, 0.25) is 0 Å². The van der Waals surface area contributed by atoms with Crippen molar-refractivity contribution >= 4 is 17.6 Å². The summed E-state index contributed by atoms with van der Waals surface area (Å²) < 4.78 is 6.36. The van der Waals surface area contributed by atoms with Crippen LogP contribution in [-0.2, 0) is 11.3 Å². The quantitative estimate of drug-likeness (QED) is 0.757. The Bertz CT molecular complexity index is 975. The number of hydrogen-bond acceptors (Lipinski definition) is 5. The van der Waals surface area contributed by atoms with Gasteiger partial charge in [0.15, 0.2) is 0 Å². The van der Waals surface area contributed by atoms with Crippen molar-refractivity contribution in [1.82, 2.24) is 9.88 Å². The third kappa shape index (κ3) is 4.74. The number of carbonyl (C=O) groups is 2. The first kappa shape index (κ1) is 20.8. The fraction of sp³-hybridized carbons (Fsp3) is 0.409. The van der Waals surface area contributed by atoms with Crippen LogP contribution in [0, 0.1) is 19.8 Å². The average Bonchev–Trinajstić information content (AvgIpc) is 2.72. The van der Waals surface area contributed by atoms with Gasteiger partial charge in [0.25, 0.3) is 11.5 Å². The van der Waals surface area contributed by atoms with E-state index in [2.05, 4.69) is 10.6 Å². The Labute approximate surface area is 170 Å². The number of anilines is 1. The molecule has 3 rings (SSSR count). The number of pyridine rings is 1. The number of methoxy groups -OCH3 is 1. The molecule has 154 valence electrons. The first-order valence-electron chi connectivity index (χ1n) is 9.81. The lowest BCUT2D eigenvalue weighted by molar-refractivity contribution is 0.0600. The molecule has 29 heavy (non-hydrogen) atoms. The lowest BCUT2D eigenvalue weighted by atomic mass is 9.99. The van der Waals surface area contributed by atoms with Gasteiger partial charge in [-0.25, -0.2) is 4.79 Å². The fourth-order valence-electron chi connectivity index (χ4n) is 3.63. The molecule has 1 aliphatic heterocycles. The second kappa shape index (κ2) is 9.05. The van der Waals surface area contributed by atoms with E-state index in [0.717, 1.165) is 31.5 Å². The number of ether oxygens (including phenoxy) is 1. The number of aryl methyl sites for hydroxylation is 2. The van der Waals surface area contributed by atoms with Crippen LogP contribution in [0.3, 0.4) is 0 Å². The van der Waals surface area contributed by atoms with E-state index in [4.69, 9.17) is 4.74 Å². The van der Waals surface area contributed by atoms with Crippen LogP contribution in [-0.4, -0.2) is 36.6 Å². The van der Waals surface area contributed by atoms with Gasteiger partial charge in [-0.1, -0.05) is 6.07 Å². The number of nitrogens with one attached hydrogen (secondary N) is 2. The van der Waals surface area contributed by atoms with Crippen LogP contribution in [0.25, 0.3) is 0 Å². The van der Waals surface area contributed by atoms with Crippen molar-refractivity contribution in [3.05, 3.63) is 63.1 Å². The van der Waals surface area contributed by atoms with Crippen LogP contribution in [0.1, 0.15) is 44.7 Å². The van der Waals surface area contributed by atoms with Gasteiger partial charge in [0, 0.05) is 18.4 Å². The maximum atomic E-state index is 13.0. The number of piperidine rings is 1. The van der Waals surface area contributed by atoms with E-state index >= 15 is 0 Å². The summed E-state index contributed by atoms with van der Waals surface area (Å²) in [5, 5.41) is 6.13. The molecule has 0 bridgehead atoms. The Morgan fingerprint density at radius 3 is 2.72 bits per heavy atom. The van der Waals surface area contributed by atoms with E-state index in [-0.39, 0.29) is 11.1 Å².